The summed E-state index contributed by atoms with van der Waals surface area (Å²) in [6.07, 6.45) is 1.19. The smallest absolute Gasteiger partial charge is 0.274 e. The largest absolute Gasteiger partial charge is 0.446 e. The van der Waals surface area contributed by atoms with Crippen LogP contribution in [0.3, 0.4) is 0 Å². The molecule has 2 aliphatic rings. The van der Waals surface area contributed by atoms with E-state index in [-0.39, 0.29) is 35.2 Å². The van der Waals surface area contributed by atoms with Crippen LogP contribution in [0.4, 0.5) is 0 Å². The molecule has 4 rings (SSSR count). The molecule has 1 amide bonds. The van der Waals surface area contributed by atoms with Crippen molar-refractivity contribution in [3.05, 3.63) is 55.5 Å². The molecule has 0 radical (unpaired) electrons. The predicted molar refractivity (Wildman–Crippen MR) is 121 cm³/mol. The number of pyridine rings is 1. The van der Waals surface area contributed by atoms with Crippen LogP contribution in [0, 0.1) is 20.8 Å². The Morgan fingerprint density at radius 2 is 1.97 bits per heavy atom. The molecule has 3 atom stereocenters. The van der Waals surface area contributed by atoms with Crippen LogP contribution in [0.5, 0.6) is 11.5 Å². The van der Waals surface area contributed by atoms with E-state index in [9.17, 15) is 9.59 Å². The third kappa shape index (κ3) is 4.10. The van der Waals surface area contributed by atoms with Crippen LogP contribution in [-0.4, -0.2) is 35.4 Å². The normalized spacial score (nSPS) is 24.4. The van der Waals surface area contributed by atoms with Crippen molar-refractivity contribution in [3.63, 3.8) is 0 Å². The van der Waals surface area contributed by atoms with Crippen LogP contribution in [0.1, 0.15) is 52.5 Å². The molecular weight excluding hydrogens is 434 g/mol. The number of amides is 1. The van der Waals surface area contributed by atoms with Crippen molar-refractivity contribution in [2.24, 2.45) is 5.73 Å². The number of rotatable bonds is 4. The van der Waals surface area contributed by atoms with Crippen LogP contribution < -0.4 is 26.1 Å². The van der Waals surface area contributed by atoms with Gasteiger partial charge in [-0.15, -0.1) is 0 Å². The molecule has 0 bridgehead atoms. The molecule has 0 saturated carbocycles. The molecule has 2 aliphatic heterocycles. The van der Waals surface area contributed by atoms with Gasteiger partial charge in [0.25, 0.3) is 17.3 Å². The third-order valence-electron chi connectivity index (χ3n) is 6.11. The number of ether oxygens (including phenoxy) is 3. The highest BCUT2D eigenvalue weighted by atomic mass is 35.5. The maximum atomic E-state index is 13.0. The number of H-pyrrole nitrogens is 1. The molecule has 1 fully saturated rings. The number of aryl methyl sites for hydroxylation is 2. The lowest BCUT2D eigenvalue weighted by atomic mass is 10.00. The molecule has 1 unspecified atom stereocenters. The van der Waals surface area contributed by atoms with Gasteiger partial charge >= 0.3 is 0 Å². The number of fused-ring (bicyclic) bond motifs is 1. The first-order valence-corrected chi connectivity index (χ1v) is 11.0. The second kappa shape index (κ2) is 8.42. The maximum absolute atomic E-state index is 13.0. The number of carbonyl (C=O) groups excluding carboxylic acids is 1. The highest BCUT2D eigenvalue weighted by Gasteiger charge is 2.48. The first-order chi connectivity index (χ1) is 15.1. The van der Waals surface area contributed by atoms with Gasteiger partial charge in [0.1, 0.15) is 6.10 Å². The molecule has 32 heavy (non-hydrogen) atoms. The minimum atomic E-state index is -1.06. The first kappa shape index (κ1) is 22.6. The van der Waals surface area contributed by atoms with Crippen molar-refractivity contribution in [2.45, 2.75) is 65.0 Å². The Bertz CT molecular complexity index is 1120. The number of halogens is 1. The van der Waals surface area contributed by atoms with Gasteiger partial charge in [-0.3, -0.25) is 9.59 Å². The van der Waals surface area contributed by atoms with Gasteiger partial charge < -0.3 is 30.2 Å². The fourth-order valence-electron chi connectivity index (χ4n) is 4.26. The van der Waals surface area contributed by atoms with Crippen LogP contribution in [0.15, 0.2) is 16.9 Å². The zero-order valence-electron chi connectivity index (χ0n) is 18.6. The summed E-state index contributed by atoms with van der Waals surface area (Å²) in [6.45, 7) is 7.76. The first-order valence-electron chi connectivity index (χ1n) is 10.6. The molecule has 1 aromatic heterocycles. The minimum absolute atomic E-state index is 0.00338. The molecule has 2 aromatic rings. The topological polar surface area (TPSA) is 116 Å². The van der Waals surface area contributed by atoms with Crippen molar-refractivity contribution in [3.8, 4) is 11.5 Å². The molecule has 0 aliphatic carbocycles. The van der Waals surface area contributed by atoms with Gasteiger partial charge in [0.15, 0.2) is 11.5 Å². The van der Waals surface area contributed by atoms with E-state index < -0.39 is 5.79 Å². The molecule has 0 spiro atoms. The van der Waals surface area contributed by atoms with Crippen molar-refractivity contribution in [2.75, 3.05) is 6.61 Å². The maximum Gasteiger partial charge on any atom is 0.274 e. The summed E-state index contributed by atoms with van der Waals surface area (Å²) < 4.78 is 18.1. The molecular formula is C23H28ClN3O5. The van der Waals surface area contributed by atoms with E-state index in [0.29, 0.717) is 41.2 Å². The van der Waals surface area contributed by atoms with E-state index in [1.807, 2.05) is 19.9 Å². The van der Waals surface area contributed by atoms with Gasteiger partial charge in [0.05, 0.1) is 11.6 Å². The summed E-state index contributed by atoms with van der Waals surface area (Å²) in [5.74, 6) is -0.595. The average Bonchev–Trinajstić information content (AvgIpc) is 3.10. The Balaban J connectivity index is 1.55. The lowest BCUT2D eigenvalue weighted by Gasteiger charge is -2.36. The van der Waals surface area contributed by atoms with Crippen LogP contribution >= 0.6 is 11.6 Å². The molecule has 1 saturated heterocycles. The van der Waals surface area contributed by atoms with E-state index in [0.717, 1.165) is 17.7 Å². The third-order valence-corrected chi connectivity index (χ3v) is 6.39. The van der Waals surface area contributed by atoms with Crippen molar-refractivity contribution in [1.82, 2.24) is 10.3 Å². The van der Waals surface area contributed by atoms with Gasteiger partial charge in [0, 0.05) is 41.9 Å². The monoisotopic (exact) mass is 461 g/mol. The van der Waals surface area contributed by atoms with E-state index in [2.05, 4.69) is 10.3 Å². The van der Waals surface area contributed by atoms with Crippen molar-refractivity contribution >= 4 is 17.5 Å². The summed E-state index contributed by atoms with van der Waals surface area (Å²) in [5, 5.41) is 3.09. The Morgan fingerprint density at radius 3 is 2.62 bits per heavy atom. The number of nitrogens with two attached hydrogens (primary N) is 1. The van der Waals surface area contributed by atoms with E-state index in [1.54, 1.807) is 19.9 Å². The zero-order valence-corrected chi connectivity index (χ0v) is 19.4. The number of hydrogen-bond acceptors (Lipinski definition) is 6. The number of benzene rings is 1. The van der Waals surface area contributed by atoms with Crippen LogP contribution in [-0.2, 0) is 11.3 Å². The van der Waals surface area contributed by atoms with Gasteiger partial charge in [-0.1, -0.05) is 11.6 Å². The Morgan fingerprint density at radius 1 is 1.25 bits per heavy atom. The summed E-state index contributed by atoms with van der Waals surface area (Å²) >= 11 is 6.46. The van der Waals surface area contributed by atoms with Crippen LogP contribution in [0.2, 0.25) is 5.02 Å². The highest BCUT2D eigenvalue weighted by molar-refractivity contribution is 6.33. The van der Waals surface area contributed by atoms with E-state index >= 15 is 0 Å². The minimum Gasteiger partial charge on any atom is -0.446 e. The number of aromatic amines is 1. The van der Waals surface area contributed by atoms with Gasteiger partial charge in [-0.2, -0.15) is 0 Å². The number of aromatic nitrogens is 1. The molecule has 8 nitrogen and oxygen atoms in total. The van der Waals surface area contributed by atoms with Gasteiger partial charge in [-0.25, -0.2) is 0 Å². The van der Waals surface area contributed by atoms with Gasteiger partial charge in [-0.05, 0) is 51.3 Å². The highest BCUT2D eigenvalue weighted by Crippen LogP contribution is 2.49. The fourth-order valence-corrected chi connectivity index (χ4v) is 4.50. The predicted octanol–water partition coefficient (Wildman–Crippen LogP) is 2.88. The van der Waals surface area contributed by atoms with Gasteiger partial charge in [0.2, 0.25) is 0 Å². The van der Waals surface area contributed by atoms with E-state index in [1.165, 1.54) is 0 Å². The molecule has 4 N–H and O–H groups in total. The summed E-state index contributed by atoms with van der Waals surface area (Å²) in [5.41, 5.74) is 8.76. The van der Waals surface area contributed by atoms with Crippen LogP contribution in [0.25, 0.3) is 0 Å². The second-order valence-corrected chi connectivity index (χ2v) is 9.10. The van der Waals surface area contributed by atoms with Crippen molar-refractivity contribution in [1.29, 1.82) is 0 Å². The summed E-state index contributed by atoms with van der Waals surface area (Å²) in [6, 6.07) is 3.43. The number of nitrogens with one attached hydrogen (secondary N) is 2. The lowest BCUT2D eigenvalue weighted by molar-refractivity contribution is -0.184. The number of hydrogen-bond donors (Lipinski definition) is 3. The van der Waals surface area contributed by atoms with E-state index in [4.69, 9.17) is 31.5 Å². The Kier molecular flexibility index (Phi) is 5.96. The average molecular weight is 462 g/mol. The lowest BCUT2D eigenvalue weighted by Crippen LogP contribution is -2.52. The summed E-state index contributed by atoms with van der Waals surface area (Å²) in [4.78, 5) is 28.0. The molecule has 9 heteroatoms. The SMILES string of the molecule is Cc1cc(C)c(CNC(=O)c2cc(Cl)c3c(c2C)OC(C)([C@@H]2CC[C@@H](N)CO2)O3)c(=O)[nH]1. The Labute approximate surface area is 191 Å². The number of carbonyl (C=O) groups is 1. The quantitative estimate of drug-likeness (QED) is 0.644. The standard InChI is InChI=1S/C23H28ClN3O5/c1-11-7-12(2)27-22(29)16(11)9-26-21(28)15-8-17(24)20-19(13(15)3)31-23(4,32-20)18-6-5-14(25)10-30-18/h7-8,14,18H,5-6,9-10,25H2,1-4H3,(H,26,28)(H,27,29)/t14-,18+,23?/m1/s1. The Hall–Kier alpha value is -2.55. The molecule has 1 aromatic carbocycles. The zero-order chi connectivity index (χ0) is 23.2. The van der Waals surface area contributed by atoms with Crippen molar-refractivity contribution < 1.29 is 19.0 Å². The fraction of sp³-hybridized carbons (Fsp3) is 0.478. The second-order valence-electron chi connectivity index (χ2n) is 8.69. The molecule has 172 valence electrons. The molecule has 3 heterocycles. The summed E-state index contributed by atoms with van der Waals surface area (Å²) in [7, 11) is 0.